The van der Waals surface area contributed by atoms with Crippen LogP contribution in [0.5, 0.6) is 0 Å². The summed E-state index contributed by atoms with van der Waals surface area (Å²) < 4.78 is 0. The summed E-state index contributed by atoms with van der Waals surface area (Å²) in [6.45, 7) is 8.18. The lowest BCUT2D eigenvalue weighted by atomic mass is 9.88. The van der Waals surface area contributed by atoms with Gasteiger partial charge in [0.2, 0.25) is 5.91 Å². The third-order valence-corrected chi connectivity index (χ3v) is 2.89. The zero-order chi connectivity index (χ0) is 9.69. The monoisotopic (exact) mass is 180 g/mol. The van der Waals surface area contributed by atoms with Gasteiger partial charge in [0.1, 0.15) is 5.66 Å². The van der Waals surface area contributed by atoms with Gasteiger partial charge in [-0.2, -0.15) is 0 Å². The molecule has 1 N–H and O–H groups in total. The van der Waals surface area contributed by atoms with Crippen molar-refractivity contribution in [3.05, 3.63) is 12.2 Å². The van der Waals surface area contributed by atoms with Crippen LogP contribution in [0.15, 0.2) is 12.2 Å². The number of nitrogens with zero attached hydrogens (tertiary/aromatic N) is 1. The molecule has 1 fully saturated rings. The predicted molar refractivity (Wildman–Crippen MR) is 51.0 cm³/mol. The molecule has 0 aromatic carbocycles. The van der Waals surface area contributed by atoms with Gasteiger partial charge in [-0.05, 0) is 18.4 Å². The van der Waals surface area contributed by atoms with Gasteiger partial charge in [0.15, 0.2) is 0 Å². The van der Waals surface area contributed by atoms with E-state index in [1.54, 1.807) is 6.08 Å². The molecular weight excluding hydrogens is 164 g/mol. The zero-order valence-corrected chi connectivity index (χ0v) is 8.42. The standard InChI is InChI=1S/C10H16N2O/c1-9(2)6-11-10(3)5-4-8(13)12(10)7-9/h4-5,11H,6-7H2,1-3H3. The maximum absolute atomic E-state index is 11.5. The van der Waals surface area contributed by atoms with E-state index in [0.29, 0.717) is 0 Å². The molecule has 2 heterocycles. The van der Waals surface area contributed by atoms with E-state index in [-0.39, 0.29) is 17.0 Å². The Morgan fingerprint density at radius 3 is 2.85 bits per heavy atom. The second-order valence-corrected chi connectivity index (χ2v) is 4.92. The molecule has 1 saturated heterocycles. The first-order valence-electron chi connectivity index (χ1n) is 4.69. The average molecular weight is 180 g/mol. The third-order valence-electron chi connectivity index (χ3n) is 2.89. The maximum atomic E-state index is 11.5. The molecule has 2 aliphatic heterocycles. The number of rotatable bonds is 0. The molecule has 2 rings (SSSR count). The SMILES string of the molecule is CC1(C)CNC2(C)C=CC(=O)N2C1. The molecule has 0 saturated carbocycles. The fourth-order valence-corrected chi connectivity index (χ4v) is 1.94. The summed E-state index contributed by atoms with van der Waals surface area (Å²) in [5.41, 5.74) is -0.0478. The van der Waals surface area contributed by atoms with E-state index in [4.69, 9.17) is 0 Å². The van der Waals surface area contributed by atoms with Crippen molar-refractivity contribution in [2.45, 2.75) is 26.4 Å². The highest BCUT2D eigenvalue weighted by molar-refractivity contribution is 5.91. The smallest absolute Gasteiger partial charge is 0.248 e. The number of carbonyl (C=O) groups is 1. The quantitative estimate of drug-likeness (QED) is 0.596. The van der Waals surface area contributed by atoms with E-state index in [9.17, 15) is 4.79 Å². The molecule has 0 spiro atoms. The molecule has 0 aromatic heterocycles. The molecular formula is C10H16N2O. The van der Waals surface area contributed by atoms with Gasteiger partial charge in [-0.15, -0.1) is 0 Å². The van der Waals surface area contributed by atoms with E-state index in [0.717, 1.165) is 13.1 Å². The highest BCUT2D eigenvalue weighted by Gasteiger charge is 2.44. The van der Waals surface area contributed by atoms with Crippen molar-refractivity contribution in [3.8, 4) is 0 Å². The summed E-state index contributed by atoms with van der Waals surface area (Å²) in [7, 11) is 0. The summed E-state index contributed by atoms with van der Waals surface area (Å²) in [4.78, 5) is 13.4. The van der Waals surface area contributed by atoms with Crippen LogP contribution >= 0.6 is 0 Å². The normalized spacial score (nSPS) is 36.5. The predicted octanol–water partition coefficient (Wildman–Crippen LogP) is 0.730. The van der Waals surface area contributed by atoms with Crippen molar-refractivity contribution in [1.82, 2.24) is 10.2 Å². The molecule has 1 atom stereocenters. The average Bonchev–Trinajstić information content (AvgIpc) is 2.31. The van der Waals surface area contributed by atoms with Gasteiger partial charge in [0.05, 0.1) is 0 Å². The molecule has 72 valence electrons. The fourth-order valence-electron chi connectivity index (χ4n) is 1.94. The van der Waals surface area contributed by atoms with E-state index < -0.39 is 0 Å². The largest absolute Gasteiger partial charge is 0.317 e. The van der Waals surface area contributed by atoms with Gasteiger partial charge in [-0.3, -0.25) is 10.1 Å². The summed E-state index contributed by atoms with van der Waals surface area (Å²) in [6.07, 6.45) is 3.61. The van der Waals surface area contributed by atoms with Crippen LogP contribution in [0.25, 0.3) is 0 Å². The molecule has 1 unspecified atom stereocenters. The summed E-state index contributed by atoms with van der Waals surface area (Å²) in [6, 6.07) is 0. The van der Waals surface area contributed by atoms with Gasteiger partial charge in [-0.25, -0.2) is 0 Å². The molecule has 0 bridgehead atoms. The van der Waals surface area contributed by atoms with Crippen LogP contribution in [0.3, 0.4) is 0 Å². The molecule has 3 nitrogen and oxygen atoms in total. The molecule has 2 aliphatic rings. The summed E-state index contributed by atoms with van der Waals surface area (Å²) in [5.74, 6) is 0.128. The van der Waals surface area contributed by atoms with Crippen LogP contribution in [-0.2, 0) is 4.79 Å². The highest BCUT2D eigenvalue weighted by Crippen LogP contribution is 2.31. The van der Waals surface area contributed by atoms with Crippen LogP contribution in [0.4, 0.5) is 0 Å². The van der Waals surface area contributed by atoms with Crippen molar-refractivity contribution in [2.24, 2.45) is 5.41 Å². The Kier molecular flexibility index (Phi) is 1.58. The number of carbonyl (C=O) groups excluding carboxylic acids is 1. The lowest BCUT2D eigenvalue weighted by Crippen LogP contribution is -2.64. The number of amides is 1. The topological polar surface area (TPSA) is 32.3 Å². The second kappa shape index (κ2) is 2.35. The summed E-state index contributed by atoms with van der Waals surface area (Å²) in [5, 5.41) is 3.40. The number of nitrogens with one attached hydrogen (secondary N) is 1. The number of hydrogen-bond donors (Lipinski definition) is 1. The molecule has 3 heteroatoms. The van der Waals surface area contributed by atoms with Gasteiger partial charge >= 0.3 is 0 Å². The minimum atomic E-state index is -0.230. The highest BCUT2D eigenvalue weighted by atomic mass is 16.2. The zero-order valence-electron chi connectivity index (χ0n) is 8.42. The molecule has 1 amide bonds. The van der Waals surface area contributed by atoms with Crippen LogP contribution < -0.4 is 5.32 Å². The van der Waals surface area contributed by atoms with Crippen molar-refractivity contribution >= 4 is 5.91 Å². The maximum Gasteiger partial charge on any atom is 0.248 e. The van der Waals surface area contributed by atoms with Crippen molar-refractivity contribution < 1.29 is 4.79 Å². The van der Waals surface area contributed by atoms with E-state index in [1.165, 1.54) is 0 Å². The summed E-state index contributed by atoms with van der Waals surface area (Å²) >= 11 is 0. The Morgan fingerprint density at radius 2 is 2.15 bits per heavy atom. The first-order valence-corrected chi connectivity index (χ1v) is 4.69. The van der Waals surface area contributed by atoms with Crippen LogP contribution in [0.2, 0.25) is 0 Å². The Morgan fingerprint density at radius 1 is 1.46 bits per heavy atom. The molecule has 13 heavy (non-hydrogen) atoms. The fraction of sp³-hybridized carbons (Fsp3) is 0.700. The third kappa shape index (κ3) is 1.27. The van der Waals surface area contributed by atoms with E-state index in [1.807, 2.05) is 17.9 Å². The Balaban J connectivity index is 2.26. The first kappa shape index (κ1) is 8.75. The van der Waals surface area contributed by atoms with E-state index in [2.05, 4.69) is 19.2 Å². The Labute approximate surface area is 78.8 Å². The van der Waals surface area contributed by atoms with Crippen LogP contribution in [0, 0.1) is 5.41 Å². The minimum absolute atomic E-state index is 0.128. The van der Waals surface area contributed by atoms with Crippen LogP contribution in [-0.4, -0.2) is 29.6 Å². The molecule has 0 radical (unpaired) electrons. The number of hydrogen-bond acceptors (Lipinski definition) is 2. The number of fused-ring (bicyclic) bond motifs is 1. The molecule has 0 aromatic rings. The van der Waals surface area contributed by atoms with Gasteiger partial charge in [-0.1, -0.05) is 13.8 Å². The first-order chi connectivity index (χ1) is 5.93. The second-order valence-electron chi connectivity index (χ2n) is 4.92. The minimum Gasteiger partial charge on any atom is -0.317 e. The van der Waals surface area contributed by atoms with Crippen molar-refractivity contribution in [3.63, 3.8) is 0 Å². The van der Waals surface area contributed by atoms with Gasteiger partial charge in [0, 0.05) is 19.2 Å². The van der Waals surface area contributed by atoms with Gasteiger partial charge < -0.3 is 4.90 Å². The van der Waals surface area contributed by atoms with E-state index >= 15 is 0 Å². The Bertz CT molecular complexity index is 283. The Hall–Kier alpha value is -0.830. The van der Waals surface area contributed by atoms with Crippen molar-refractivity contribution in [1.29, 1.82) is 0 Å². The lowest BCUT2D eigenvalue weighted by Gasteiger charge is -2.47. The van der Waals surface area contributed by atoms with Crippen LogP contribution in [0.1, 0.15) is 20.8 Å². The van der Waals surface area contributed by atoms with Gasteiger partial charge in [0.25, 0.3) is 0 Å². The lowest BCUT2D eigenvalue weighted by molar-refractivity contribution is -0.133. The van der Waals surface area contributed by atoms with Crippen molar-refractivity contribution in [2.75, 3.05) is 13.1 Å². The molecule has 0 aliphatic carbocycles.